The summed E-state index contributed by atoms with van der Waals surface area (Å²) in [5, 5.41) is 10.9. The van der Waals surface area contributed by atoms with Crippen molar-refractivity contribution in [1.29, 1.82) is 0 Å². The van der Waals surface area contributed by atoms with Crippen molar-refractivity contribution in [2.45, 2.75) is 13.3 Å². The number of amides is 1. The molecule has 1 aromatic rings. The zero-order valence-corrected chi connectivity index (χ0v) is 12.7. The molecule has 1 saturated heterocycles. The summed E-state index contributed by atoms with van der Waals surface area (Å²) in [4.78, 5) is 25.9. The van der Waals surface area contributed by atoms with Crippen molar-refractivity contribution in [2.75, 3.05) is 39.3 Å². The number of nitro groups is 1. The van der Waals surface area contributed by atoms with Crippen molar-refractivity contribution >= 4 is 11.6 Å². The maximum absolute atomic E-state index is 11.4. The van der Waals surface area contributed by atoms with E-state index in [4.69, 9.17) is 4.74 Å². The SMILES string of the molecule is CC(=O)N1CCCN(CCOc2ccccc2[N+](=O)[O-])CC1. The number of ether oxygens (including phenoxy) is 1. The Morgan fingerprint density at radius 1 is 1.27 bits per heavy atom. The second-order valence-corrected chi connectivity index (χ2v) is 5.27. The van der Waals surface area contributed by atoms with Gasteiger partial charge in [0.2, 0.25) is 5.91 Å². The molecular formula is C15H21N3O4. The van der Waals surface area contributed by atoms with Gasteiger partial charge in [0.25, 0.3) is 0 Å². The molecule has 7 heteroatoms. The Hall–Kier alpha value is -2.15. The van der Waals surface area contributed by atoms with Gasteiger partial charge in [0.1, 0.15) is 6.61 Å². The molecule has 1 aliphatic heterocycles. The summed E-state index contributed by atoms with van der Waals surface area (Å²) < 4.78 is 5.55. The third-order valence-electron chi connectivity index (χ3n) is 3.76. The average molecular weight is 307 g/mol. The minimum Gasteiger partial charge on any atom is -0.485 e. The Morgan fingerprint density at radius 3 is 2.77 bits per heavy atom. The fraction of sp³-hybridized carbons (Fsp3) is 0.533. The van der Waals surface area contributed by atoms with Gasteiger partial charge in [0.05, 0.1) is 4.92 Å². The molecule has 1 amide bonds. The summed E-state index contributed by atoms with van der Waals surface area (Å²) in [6.07, 6.45) is 0.936. The van der Waals surface area contributed by atoms with E-state index in [1.807, 2.05) is 4.90 Å². The molecule has 7 nitrogen and oxygen atoms in total. The predicted molar refractivity (Wildman–Crippen MR) is 81.9 cm³/mol. The number of carbonyl (C=O) groups excluding carboxylic acids is 1. The molecule has 0 aliphatic carbocycles. The van der Waals surface area contributed by atoms with E-state index in [0.717, 1.165) is 32.6 Å². The molecule has 1 fully saturated rings. The third kappa shape index (κ3) is 4.42. The number of para-hydroxylation sites is 2. The second kappa shape index (κ2) is 7.74. The van der Waals surface area contributed by atoms with E-state index in [-0.39, 0.29) is 11.6 Å². The van der Waals surface area contributed by atoms with Gasteiger partial charge in [0.15, 0.2) is 5.75 Å². The average Bonchev–Trinajstić information content (AvgIpc) is 2.73. The fourth-order valence-corrected chi connectivity index (χ4v) is 2.52. The first-order valence-corrected chi connectivity index (χ1v) is 7.42. The summed E-state index contributed by atoms with van der Waals surface area (Å²) in [6.45, 7) is 5.90. The van der Waals surface area contributed by atoms with Gasteiger partial charge in [-0.2, -0.15) is 0 Å². The first-order valence-electron chi connectivity index (χ1n) is 7.42. The highest BCUT2D eigenvalue weighted by Crippen LogP contribution is 2.25. The van der Waals surface area contributed by atoms with E-state index < -0.39 is 4.92 Å². The van der Waals surface area contributed by atoms with Crippen LogP contribution in [-0.2, 0) is 4.79 Å². The van der Waals surface area contributed by atoms with Gasteiger partial charge in [-0.15, -0.1) is 0 Å². The summed E-state index contributed by atoms with van der Waals surface area (Å²) in [5.41, 5.74) is -0.0129. The van der Waals surface area contributed by atoms with Crippen LogP contribution < -0.4 is 4.74 Å². The van der Waals surface area contributed by atoms with Crippen LogP contribution in [0.2, 0.25) is 0 Å². The molecule has 0 saturated carbocycles. The van der Waals surface area contributed by atoms with Gasteiger partial charge >= 0.3 is 5.69 Å². The smallest absolute Gasteiger partial charge is 0.310 e. The van der Waals surface area contributed by atoms with Crippen LogP contribution in [0.4, 0.5) is 5.69 Å². The van der Waals surface area contributed by atoms with Gasteiger partial charge in [-0.3, -0.25) is 19.8 Å². The van der Waals surface area contributed by atoms with E-state index in [1.165, 1.54) is 6.07 Å². The van der Waals surface area contributed by atoms with E-state index >= 15 is 0 Å². The van der Waals surface area contributed by atoms with E-state index in [9.17, 15) is 14.9 Å². The lowest BCUT2D eigenvalue weighted by Crippen LogP contribution is -2.35. The van der Waals surface area contributed by atoms with Gasteiger partial charge in [0, 0.05) is 45.7 Å². The van der Waals surface area contributed by atoms with E-state index in [1.54, 1.807) is 25.1 Å². The lowest BCUT2D eigenvalue weighted by molar-refractivity contribution is -0.385. The van der Waals surface area contributed by atoms with Crippen molar-refractivity contribution in [3.63, 3.8) is 0 Å². The molecule has 22 heavy (non-hydrogen) atoms. The standard InChI is InChI=1S/C15H21N3O4/c1-13(19)17-8-4-7-16(9-10-17)11-12-22-15-6-3-2-5-14(15)18(20)21/h2-3,5-6H,4,7-12H2,1H3. The van der Waals surface area contributed by atoms with Crippen LogP contribution in [0.5, 0.6) is 5.75 Å². The minimum absolute atomic E-state index is 0.0129. The zero-order chi connectivity index (χ0) is 15.9. The molecule has 0 radical (unpaired) electrons. The monoisotopic (exact) mass is 307 g/mol. The van der Waals surface area contributed by atoms with E-state index in [0.29, 0.717) is 18.9 Å². The maximum Gasteiger partial charge on any atom is 0.310 e. The Bertz CT molecular complexity index is 535. The summed E-state index contributed by atoms with van der Waals surface area (Å²) in [6, 6.07) is 6.39. The van der Waals surface area contributed by atoms with Crippen LogP contribution in [0, 0.1) is 10.1 Å². The number of hydrogen-bond donors (Lipinski definition) is 0. The highest BCUT2D eigenvalue weighted by Gasteiger charge is 2.17. The predicted octanol–water partition coefficient (Wildman–Crippen LogP) is 1.53. The number of nitro benzene ring substituents is 1. The zero-order valence-electron chi connectivity index (χ0n) is 12.7. The van der Waals surface area contributed by atoms with Gasteiger partial charge < -0.3 is 9.64 Å². The molecule has 1 aromatic carbocycles. The van der Waals surface area contributed by atoms with Gasteiger partial charge in [-0.25, -0.2) is 0 Å². The quantitative estimate of drug-likeness (QED) is 0.609. The minimum atomic E-state index is -0.438. The lowest BCUT2D eigenvalue weighted by Gasteiger charge is -2.21. The van der Waals surface area contributed by atoms with Crippen LogP contribution in [0.15, 0.2) is 24.3 Å². The van der Waals surface area contributed by atoms with Crippen LogP contribution >= 0.6 is 0 Å². The van der Waals surface area contributed by atoms with Crippen molar-refractivity contribution in [3.05, 3.63) is 34.4 Å². The number of benzene rings is 1. The summed E-state index contributed by atoms with van der Waals surface area (Å²) >= 11 is 0. The van der Waals surface area contributed by atoms with Crippen molar-refractivity contribution in [3.8, 4) is 5.75 Å². The van der Waals surface area contributed by atoms with E-state index in [2.05, 4.69) is 4.90 Å². The molecule has 2 rings (SSSR count). The first kappa shape index (κ1) is 16.2. The first-order chi connectivity index (χ1) is 10.6. The Labute approximate surface area is 129 Å². The maximum atomic E-state index is 11.4. The second-order valence-electron chi connectivity index (χ2n) is 5.27. The molecule has 0 aromatic heterocycles. The molecule has 0 bridgehead atoms. The number of nitrogens with zero attached hydrogens (tertiary/aromatic N) is 3. The highest BCUT2D eigenvalue weighted by atomic mass is 16.6. The number of hydrogen-bond acceptors (Lipinski definition) is 5. The molecule has 120 valence electrons. The lowest BCUT2D eigenvalue weighted by atomic mass is 10.3. The van der Waals surface area contributed by atoms with Gasteiger partial charge in [-0.05, 0) is 12.5 Å². The van der Waals surface area contributed by atoms with Crippen LogP contribution in [0.3, 0.4) is 0 Å². The van der Waals surface area contributed by atoms with Crippen molar-refractivity contribution in [1.82, 2.24) is 9.80 Å². The van der Waals surface area contributed by atoms with Crippen LogP contribution in [0.25, 0.3) is 0 Å². The topological polar surface area (TPSA) is 75.9 Å². The Balaban J connectivity index is 1.82. The van der Waals surface area contributed by atoms with Crippen LogP contribution in [0.1, 0.15) is 13.3 Å². The molecular weight excluding hydrogens is 286 g/mol. The Kier molecular flexibility index (Phi) is 5.71. The Morgan fingerprint density at radius 2 is 2.05 bits per heavy atom. The summed E-state index contributed by atoms with van der Waals surface area (Å²) in [5.74, 6) is 0.408. The fourth-order valence-electron chi connectivity index (χ4n) is 2.52. The summed E-state index contributed by atoms with van der Waals surface area (Å²) in [7, 11) is 0. The highest BCUT2D eigenvalue weighted by molar-refractivity contribution is 5.73. The largest absolute Gasteiger partial charge is 0.485 e. The number of carbonyl (C=O) groups is 1. The molecule has 1 aliphatic rings. The molecule has 0 atom stereocenters. The molecule has 0 unspecified atom stereocenters. The molecule has 0 spiro atoms. The third-order valence-corrected chi connectivity index (χ3v) is 3.76. The van der Waals surface area contributed by atoms with Gasteiger partial charge in [-0.1, -0.05) is 12.1 Å². The molecule has 1 heterocycles. The van der Waals surface area contributed by atoms with Crippen LogP contribution in [-0.4, -0.2) is 60.0 Å². The number of rotatable bonds is 5. The molecule has 0 N–H and O–H groups in total. The normalized spacial score (nSPS) is 16.1. The van der Waals surface area contributed by atoms with Crippen molar-refractivity contribution in [2.24, 2.45) is 0 Å². The van der Waals surface area contributed by atoms with Crippen molar-refractivity contribution < 1.29 is 14.5 Å².